The van der Waals surface area contributed by atoms with Gasteiger partial charge in [0.05, 0.1) is 11.9 Å². The third-order valence-corrected chi connectivity index (χ3v) is 4.87. The van der Waals surface area contributed by atoms with Crippen LogP contribution in [-0.4, -0.2) is 41.9 Å². The fourth-order valence-electron chi connectivity index (χ4n) is 2.50. The van der Waals surface area contributed by atoms with Crippen molar-refractivity contribution in [1.29, 1.82) is 0 Å². The first-order chi connectivity index (χ1) is 12.0. The van der Waals surface area contributed by atoms with Crippen LogP contribution in [0.5, 0.6) is 17.2 Å². The number of aromatic hydroxyl groups is 3. The smallest absolute Gasteiger partial charge is 0.255 e. The zero-order valence-electron chi connectivity index (χ0n) is 14.5. The van der Waals surface area contributed by atoms with Gasteiger partial charge in [0.2, 0.25) is 10.0 Å². The zero-order valence-corrected chi connectivity index (χ0v) is 15.3. The Balaban J connectivity index is 2.29. The topological polar surface area (TPSA) is 127 Å². The Morgan fingerprint density at radius 1 is 1.00 bits per heavy atom. The molecule has 0 aromatic heterocycles. The number of carbonyl (C=O) groups excluding carboxylic acids is 1. The van der Waals surface area contributed by atoms with Crippen LogP contribution in [0.25, 0.3) is 0 Å². The molecule has 4 N–H and O–H groups in total. The van der Waals surface area contributed by atoms with Crippen LogP contribution in [0.3, 0.4) is 0 Å². The second-order valence-electron chi connectivity index (χ2n) is 6.01. The standard InChI is InChI=1S/C17H20N2O6S/c1-10(2)19(26(3,24)25)13-6-5-12(9-15(13)21)18-17(23)11-4-7-14(20)16(22)8-11/h4-10,20-22H,1-3H3,(H,18,23). The van der Waals surface area contributed by atoms with Crippen LogP contribution in [0, 0.1) is 0 Å². The molecule has 9 heteroatoms. The molecule has 0 saturated carbocycles. The Hall–Kier alpha value is -2.94. The number of phenols is 3. The van der Waals surface area contributed by atoms with Crippen LogP contribution in [0.4, 0.5) is 11.4 Å². The van der Waals surface area contributed by atoms with Gasteiger partial charge in [0.25, 0.3) is 5.91 Å². The van der Waals surface area contributed by atoms with Gasteiger partial charge in [-0.1, -0.05) is 0 Å². The first-order valence-electron chi connectivity index (χ1n) is 7.66. The summed E-state index contributed by atoms with van der Waals surface area (Å²) in [5.74, 6) is -1.67. The molecule has 0 aliphatic carbocycles. The summed E-state index contributed by atoms with van der Waals surface area (Å²) in [6, 6.07) is 7.27. The van der Waals surface area contributed by atoms with Gasteiger partial charge in [0.15, 0.2) is 11.5 Å². The van der Waals surface area contributed by atoms with E-state index >= 15 is 0 Å². The number of nitrogens with one attached hydrogen (secondary N) is 1. The van der Waals surface area contributed by atoms with E-state index in [0.29, 0.717) is 0 Å². The van der Waals surface area contributed by atoms with Crippen molar-refractivity contribution in [3.05, 3.63) is 42.0 Å². The van der Waals surface area contributed by atoms with Crippen LogP contribution < -0.4 is 9.62 Å². The molecule has 0 saturated heterocycles. The quantitative estimate of drug-likeness (QED) is 0.589. The van der Waals surface area contributed by atoms with Gasteiger partial charge >= 0.3 is 0 Å². The van der Waals surface area contributed by atoms with Gasteiger partial charge in [-0.25, -0.2) is 8.42 Å². The first kappa shape index (κ1) is 19.4. The monoisotopic (exact) mass is 380 g/mol. The fourth-order valence-corrected chi connectivity index (χ4v) is 3.77. The number of amides is 1. The predicted molar refractivity (Wildman–Crippen MR) is 98.3 cm³/mol. The van der Waals surface area contributed by atoms with Crippen LogP contribution in [0.15, 0.2) is 36.4 Å². The van der Waals surface area contributed by atoms with E-state index < -0.39 is 27.7 Å². The second-order valence-corrected chi connectivity index (χ2v) is 7.87. The highest BCUT2D eigenvalue weighted by molar-refractivity contribution is 7.92. The molecule has 26 heavy (non-hydrogen) atoms. The normalized spacial score (nSPS) is 11.4. The highest BCUT2D eigenvalue weighted by Gasteiger charge is 2.23. The minimum atomic E-state index is -3.59. The highest BCUT2D eigenvalue weighted by atomic mass is 32.2. The average Bonchev–Trinajstić information content (AvgIpc) is 2.50. The largest absolute Gasteiger partial charge is 0.506 e. The lowest BCUT2D eigenvalue weighted by Crippen LogP contribution is -2.36. The molecule has 0 aliphatic rings. The van der Waals surface area contributed by atoms with Gasteiger partial charge in [-0.15, -0.1) is 0 Å². The van der Waals surface area contributed by atoms with E-state index in [2.05, 4.69) is 5.32 Å². The fraction of sp³-hybridized carbons (Fsp3) is 0.235. The van der Waals surface area contributed by atoms with Gasteiger partial charge < -0.3 is 20.6 Å². The molecule has 8 nitrogen and oxygen atoms in total. The molecular formula is C17H20N2O6S. The molecule has 1 amide bonds. The lowest BCUT2D eigenvalue weighted by Gasteiger charge is -2.27. The molecule has 0 radical (unpaired) electrons. The van der Waals surface area contributed by atoms with E-state index in [1.54, 1.807) is 13.8 Å². The molecular weight excluding hydrogens is 360 g/mol. The van der Waals surface area contributed by atoms with Crippen molar-refractivity contribution in [2.75, 3.05) is 15.9 Å². The summed E-state index contributed by atoms with van der Waals surface area (Å²) in [5.41, 5.74) is 0.438. The molecule has 0 atom stereocenters. The number of nitrogens with zero attached hydrogens (tertiary/aromatic N) is 1. The Morgan fingerprint density at radius 2 is 1.65 bits per heavy atom. The lowest BCUT2D eigenvalue weighted by atomic mass is 10.1. The van der Waals surface area contributed by atoms with Crippen LogP contribution >= 0.6 is 0 Å². The third kappa shape index (κ3) is 4.17. The number of phenolic OH excluding ortho intramolecular Hbond substituents is 3. The molecule has 2 rings (SSSR count). The Kier molecular flexibility index (Phi) is 5.31. The Morgan fingerprint density at radius 3 is 2.15 bits per heavy atom. The predicted octanol–water partition coefficient (Wildman–Crippen LogP) is 2.23. The SMILES string of the molecule is CC(C)N(c1ccc(NC(=O)c2ccc(O)c(O)c2)cc1O)S(C)(=O)=O. The van der Waals surface area contributed by atoms with Gasteiger partial charge in [-0.3, -0.25) is 9.10 Å². The van der Waals surface area contributed by atoms with Crippen molar-refractivity contribution in [2.24, 2.45) is 0 Å². The van der Waals surface area contributed by atoms with Crippen molar-refractivity contribution in [3.63, 3.8) is 0 Å². The third-order valence-electron chi connectivity index (χ3n) is 3.53. The maximum Gasteiger partial charge on any atom is 0.255 e. The van der Waals surface area contributed by atoms with Gasteiger partial charge in [0.1, 0.15) is 5.75 Å². The molecule has 2 aromatic rings. The molecule has 0 fully saturated rings. The summed E-state index contributed by atoms with van der Waals surface area (Å²) in [5, 5.41) is 31.5. The number of hydrogen-bond acceptors (Lipinski definition) is 6. The molecule has 0 unspecified atom stereocenters. The maximum atomic E-state index is 12.2. The number of hydrogen-bond donors (Lipinski definition) is 4. The molecule has 0 heterocycles. The number of carbonyl (C=O) groups is 1. The van der Waals surface area contributed by atoms with E-state index in [4.69, 9.17) is 0 Å². The number of rotatable bonds is 5. The van der Waals surface area contributed by atoms with Crippen LogP contribution in [0.2, 0.25) is 0 Å². The molecule has 140 valence electrons. The van der Waals surface area contributed by atoms with Crippen molar-refractivity contribution < 1.29 is 28.5 Å². The summed E-state index contributed by atoms with van der Waals surface area (Å²) < 4.78 is 24.9. The lowest BCUT2D eigenvalue weighted by molar-refractivity contribution is 0.102. The summed E-state index contributed by atoms with van der Waals surface area (Å²) in [7, 11) is -3.59. The van der Waals surface area contributed by atoms with Crippen molar-refractivity contribution in [2.45, 2.75) is 19.9 Å². The molecule has 0 bridgehead atoms. The number of sulfonamides is 1. The average molecular weight is 380 g/mol. The molecule has 0 aliphatic heterocycles. The van der Waals surface area contributed by atoms with E-state index in [1.165, 1.54) is 30.3 Å². The minimum absolute atomic E-state index is 0.0998. The van der Waals surface area contributed by atoms with Gasteiger partial charge in [-0.05, 0) is 44.2 Å². The zero-order chi connectivity index (χ0) is 19.6. The second kappa shape index (κ2) is 7.12. The van der Waals surface area contributed by atoms with Crippen LogP contribution in [-0.2, 0) is 10.0 Å². The van der Waals surface area contributed by atoms with E-state index in [1.807, 2.05) is 0 Å². The summed E-state index contributed by atoms with van der Waals surface area (Å²) in [6.07, 6.45) is 1.04. The van der Waals surface area contributed by atoms with E-state index in [0.717, 1.165) is 16.6 Å². The first-order valence-corrected chi connectivity index (χ1v) is 9.51. The molecule has 2 aromatic carbocycles. The summed E-state index contributed by atoms with van der Waals surface area (Å²) in [4.78, 5) is 12.2. The van der Waals surface area contributed by atoms with Crippen molar-refractivity contribution in [3.8, 4) is 17.2 Å². The van der Waals surface area contributed by atoms with Crippen LogP contribution in [0.1, 0.15) is 24.2 Å². The summed E-state index contributed by atoms with van der Waals surface area (Å²) in [6.45, 7) is 3.35. The van der Waals surface area contributed by atoms with E-state index in [9.17, 15) is 28.5 Å². The number of anilines is 2. The minimum Gasteiger partial charge on any atom is -0.506 e. The summed E-state index contributed by atoms with van der Waals surface area (Å²) >= 11 is 0. The number of benzene rings is 2. The Labute approximate surface area is 151 Å². The highest BCUT2D eigenvalue weighted by Crippen LogP contribution is 2.33. The van der Waals surface area contributed by atoms with E-state index in [-0.39, 0.29) is 28.4 Å². The van der Waals surface area contributed by atoms with Crippen molar-refractivity contribution in [1.82, 2.24) is 0 Å². The van der Waals surface area contributed by atoms with Crippen molar-refractivity contribution >= 4 is 27.3 Å². The van der Waals surface area contributed by atoms with Gasteiger partial charge in [0, 0.05) is 23.4 Å². The maximum absolute atomic E-state index is 12.2. The Bertz CT molecular complexity index is 940. The van der Waals surface area contributed by atoms with Gasteiger partial charge in [-0.2, -0.15) is 0 Å². The molecule has 0 spiro atoms.